The van der Waals surface area contributed by atoms with Gasteiger partial charge in [-0.15, -0.1) is 0 Å². The molecule has 0 aliphatic carbocycles. The maximum absolute atomic E-state index is 14.6. The van der Waals surface area contributed by atoms with E-state index in [-0.39, 0.29) is 34.4 Å². The number of hydrogen-bond acceptors (Lipinski definition) is 25. The lowest BCUT2D eigenvalue weighted by molar-refractivity contribution is -0.382. The summed E-state index contributed by atoms with van der Waals surface area (Å²) in [7, 11) is 0. The largest absolute Gasteiger partial charge is 0.459 e. The van der Waals surface area contributed by atoms with Crippen molar-refractivity contribution < 1.29 is 121 Å². The van der Waals surface area contributed by atoms with E-state index in [2.05, 4.69) is 0 Å². The van der Waals surface area contributed by atoms with E-state index in [1.54, 1.807) is 105 Å². The summed E-state index contributed by atoms with van der Waals surface area (Å²) in [6.07, 6.45) is -29.5. The van der Waals surface area contributed by atoms with Crippen LogP contribution >= 0.6 is 0 Å². The van der Waals surface area contributed by atoms with Gasteiger partial charge in [0, 0.05) is 12.5 Å². The highest BCUT2D eigenvalue weighted by Crippen LogP contribution is 2.42. The van der Waals surface area contributed by atoms with Crippen molar-refractivity contribution in [2.75, 3.05) is 33.0 Å². The maximum atomic E-state index is 14.6. The summed E-state index contributed by atoms with van der Waals surface area (Å²) < 4.78 is 94.6. The van der Waals surface area contributed by atoms with Gasteiger partial charge in [0.15, 0.2) is 49.3 Å². The first kappa shape index (κ1) is 67.7. The highest BCUT2D eigenvalue weighted by atomic mass is 16.8. The van der Waals surface area contributed by atoms with E-state index in [4.69, 9.17) is 71.1 Å². The second kappa shape index (κ2) is 31.2. The normalized spacial score (nSPS) is 32.5. The predicted molar refractivity (Wildman–Crippen MR) is 316 cm³/mol. The lowest BCUT2D eigenvalue weighted by atomic mass is 9.91. The van der Waals surface area contributed by atoms with E-state index in [1.165, 1.54) is 67.6 Å². The van der Waals surface area contributed by atoms with Crippen molar-refractivity contribution in [3.8, 4) is 0 Å². The third kappa shape index (κ3) is 16.1. The molecule has 25 heteroatoms. The molecule has 5 aliphatic heterocycles. The van der Waals surface area contributed by atoms with Gasteiger partial charge in [0.25, 0.3) is 0 Å². The van der Waals surface area contributed by atoms with E-state index >= 15 is 0 Å². The van der Waals surface area contributed by atoms with Crippen molar-refractivity contribution in [3.05, 3.63) is 179 Å². The first-order chi connectivity index (χ1) is 44.4. The molecule has 5 fully saturated rings. The van der Waals surface area contributed by atoms with Crippen LogP contribution in [0.5, 0.6) is 0 Å². The fourth-order valence-corrected chi connectivity index (χ4v) is 11.4. The summed E-state index contributed by atoms with van der Waals surface area (Å²) >= 11 is 0. The Kier molecular flexibility index (Phi) is 23.0. The van der Waals surface area contributed by atoms with Crippen LogP contribution in [-0.4, -0.2) is 211 Å². The van der Waals surface area contributed by atoms with Gasteiger partial charge in [-0.25, -0.2) is 24.0 Å². The minimum absolute atomic E-state index is 0.0159. The molecule has 5 aliphatic rings. The fraction of sp³-hybridized carbons (Fsp3) is 0.478. The Hall–Kier alpha value is -7.15. The number of rotatable bonds is 24. The summed E-state index contributed by atoms with van der Waals surface area (Å²) in [5, 5.41) is 57.9. The molecule has 8 unspecified atom stereocenters. The monoisotopic (exact) mass is 1280 g/mol. The van der Waals surface area contributed by atoms with Crippen LogP contribution in [0, 0.1) is 5.92 Å². The molecule has 0 radical (unpaired) electrons. The van der Waals surface area contributed by atoms with E-state index in [9.17, 15) is 49.5 Å². The van der Waals surface area contributed by atoms with Crippen LogP contribution in [0.3, 0.4) is 0 Å². The minimum Gasteiger partial charge on any atom is -0.459 e. The van der Waals surface area contributed by atoms with Gasteiger partial charge in [0.1, 0.15) is 80.4 Å². The minimum atomic E-state index is -2.06. The van der Waals surface area contributed by atoms with E-state index in [1.807, 2.05) is 6.92 Å². The molecule has 0 aromatic heterocycles. The number of carbonyl (C=O) groups excluding carboxylic acids is 5. The Balaban J connectivity index is 1.05. The van der Waals surface area contributed by atoms with Gasteiger partial charge in [-0.05, 0) is 80.9 Å². The summed E-state index contributed by atoms with van der Waals surface area (Å²) in [6, 6.07) is 39.2. The number of carbonyl (C=O) groups is 5. The molecule has 5 heterocycles. The lowest BCUT2D eigenvalue weighted by Crippen LogP contribution is -2.68. The molecule has 0 saturated carbocycles. The van der Waals surface area contributed by atoms with Gasteiger partial charge in [-0.3, -0.25) is 0 Å². The van der Waals surface area contributed by atoms with Crippen molar-refractivity contribution in [3.63, 3.8) is 0 Å². The van der Waals surface area contributed by atoms with Crippen LogP contribution in [0.4, 0.5) is 0 Å². The van der Waals surface area contributed by atoms with E-state index in [0.29, 0.717) is 12.8 Å². The number of ether oxygens (including phenoxy) is 15. The molecule has 92 heavy (non-hydrogen) atoms. The van der Waals surface area contributed by atoms with E-state index < -0.39 is 185 Å². The van der Waals surface area contributed by atoms with Crippen LogP contribution in [0.15, 0.2) is 152 Å². The molecule has 5 saturated heterocycles. The van der Waals surface area contributed by atoms with Crippen LogP contribution in [-0.2, 0) is 71.1 Å². The zero-order chi connectivity index (χ0) is 65.1. The molecular formula is C67H76O25. The number of esters is 5. The molecular weight excluding hydrogens is 1200 g/mol. The van der Waals surface area contributed by atoms with Gasteiger partial charge in [-0.1, -0.05) is 111 Å². The number of benzene rings is 5. The predicted octanol–water partition coefficient (Wildman–Crippen LogP) is 4.47. The van der Waals surface area contributed by atoms with Gasteiger partial charge < -0.3 is 96.6 Å². The van der Waals surface area contributed by atoms with Crippen molar-refractivity contribution >= 4 is 29.8 Å². The molecule has 494 valence electrons. The van der Waals surface area contributed by atoms with Crippen molar-refractivity contribution in [1.82, 2.24) is 0 Å². The number of aliphatic hydroxyl groups excluding tert-OH is 5. The first-order valence-corrected chi connectivity index (χ1v) is 30.5. The summed E-state index contributed by atoms with van der Waals surface area (Å²) in [4.78, 5) is 71.3. The highest BCUT2D eigenvalue weighted by molar-refractivity contribution is 5.91. The number of hydrogen-bond donors (Lipinski definition) is 5. The zero-order valence-corrected chi connectivity index (χ0v) is 50.8. The average Bonchev–Trinajstić information content (AvgIpc) is 1.26. The molecule has 5 aromatic carbocycles. The second-order valence-corrected chi connectivity index (χ2v) is 23.1. The summed E-state index contributed by atoms with van der Waals surface area (Å²) in [6.45, 7) is 3.79. The van der Waals surface area contributed by atoms with Crippen LogP contribution in [0.2, 0.25) is 0 Å². The van der Waals surface area contributed by atoms with Crippen LogP contribution in [0.25, 0.3) is 0 Å². The number of unbranched alkanes of at least 4 members (excludes halogenated alkanes) is 1. The topological polar surface area (TPSA) is 325 Å². The lowest BCUT2D eigenvalue weighted by Gasteiger charge is -2.50. The highest BCUT2D eigenvalue weighted by Gasteiger charge is 2.60. The first-order valence-electron chi connectivity index (χ1n) is 30.5. The molecule has 5 N–H and O–H groups in total. The van der Waals surface area contributed by atoms with Crippen LogP contribution < -0.4 is 0 Å². The Morgan fingerprint density at radius 2 is 0.826 bits per heavy atom. The second-order valence-electron chi connectivity index (χ2n) is 23.1. The van der Waals surface area contributed by atoms with Crippen molar-refractivity contribution in [2.24, 2.45) is 5.92 Å². The van der Waals surface area contributed by atoms with Gasteiger partial charge >= 0.3 is 29.8 Å². The molecule has 0 spiro atoms. The average molecular weight is 1280 g/mol. The smallest absolute Gasteiger partial charge is 0.338 e. The molecule has 20 atom stereocenters. The Labute approximate surface area is 530 Å². The standard InChI is InChI=1S/C67H76O25/c1-5-6-32-78-65-57(87-62(77)42-30-20-11-21-31-42)55(85-60(75)40-26-16-9-17-27-40)51(46(84-65)36-80-59(74)39-24-14-8-15-25-39)89-66-56(86-61(76)41-28-18-10-19-29-41)53(48(71)45(83-66)35-79-58(73)38-22-12-7-13-23-38)90-63-37(2)47(70)50(43(33-68)81-63)88-64-49(72)54-52(44(34-69)82-64)91-67(3,4)92-54/h7-31,37,43-57,63-66,68-72H,5-6,32-36H2,1-4H3/t37-,43?,44?,45?,46?,47?,48-,49-,50+,51+,52-,53?,54?,55?,56-,57-,63-,64-,65+,66-/m0/s1. The van der Waals surface area contributed by atoms with Gasteiger partial charge in [0.2, 0.25) is 0 Å². The molecule has 0 bridgehead atoms. The molecule has 0 amide bonds. The summed E-state index contributed by atoms with van der Waals surface area (Å²) in [5.74, 6) is -6.97. The maximum Gasteiger partial charge on any atom is 0.338 e. The van der Waals surface area contributed by atoms with Gasteiger partial charge in [-0.2, -0.15) is 0 Å². The molecule has 10 rings (SSSR count). The van der Waals surface area contributed by atoms with Crippen molar-refractivity contribution in [2.45, 2.75) is 163 Å². The SMILES string of the molecule is CCCCO[C@@H]1OC(COC(=O)c2ccccc2)[C@@H](O[C@@H]2OC(COC(=O)c3ccccc3)[C@H](O)C(O[C@@H]3OC(CO)[C@@H](O[C@@H]4OC(CO)[C@@H]5OC(C)(C)OC5[C@@H]4O)C(O)[C@@H]3C)[C@@H]2OC(=O)c2ccccc2)C(OC(=O)c2ccccc2)[C@@H]1OC(=O)c1ccccc1. The summed E-state index contributed by atoms with van der Waals surface area (Å²) in [5.41, 5.74) is 0.349. The number of fused-ring (bicyclic) bond motifs is 1. The van der Waals surface area contributed by atoms with Crippen molar-refractivity contribution in [1.29, 1.82) is 0 Å². The molecule has 5 aromatic rings. The third-order valence-electron chi connectivity index (χ3n) is 16.2. The fourth-order valence-electron chi connectivity index (χ4n) is 11.4. The van der Waals surface area contributed by atoms with E-state index in [0.717, 1.165) is 0 Å². The quantitative estimate of drug-likeness (QED) is 0.0323. The Morgan fingerprint density at radius 3 is 1.32 bits per heavy atom. The Morgan fingerprint density at radius 1 is 0.424 bits per heavy atom. The number of aliphatic hydroxyl groups is 5. The Bertz CT molecular complexity index is 3180. The van der Waals surface area contributed by atoms with Gasteiger partial charge in [0.05, 0.1) is 47.1 Å². The molecule has 25 nitrogen and oxygen atoms in total. The van der Waals surface area contributed by atoms with Crippen LogP contribution in [0.1, 0.15) is 92.3 Å². The third-order valence-corrected chi connectivity index (χ3v) is 16.2. The zero-order valence-electron chi connectivity index (χ0n) is 50.8.